The average Bonchev–Trinajstić information content (AvgIpc) is 3.29. The fourth-order valence-electron chi connectivity index (χ4n) is 3.59. The topological polar surface area (TPSA) is 61.3 Å². The van der Waals surface area contributed by atoms with Crippen LogP contribution >= 0.6 is 11.3 Å². The molecule has 1 aromatic heterocycles. The van der Waals surface area contributed by atoms with E-state index in [2.05, 4.69) is 32.5 Å². The van der Waals surface area contributed by atoms with Crippen LogP contribution in [-0.2, 0) is 13.0 Å². The van der Waals surface area contributed by atoms with Crippen LogP contribution in [0.25, 0.3) is 0 Å². The highest BCUT2D eigenvalue weighted by molar-refractivity contribution is 7.15. The molecule has 2 heterocycles. The lowest BCUT2D eigenvalue weighted by Crippen LogP contribution is -2.34. The summed E-state index contributed by atoms with van der Waals surface area (Å²) in [5.41, 5.74) is 1.86. The molecule has 2 aromatic carbocycles. The first-order valence-corrected chi connectivity index (χ1v) is 10.2. The average molecular weight is 399 g/mol. The van der Waals surface area contributed by atoms with E-state index in [9.17, 15) is 9.50 Å². The molecule has 1 fully saturated rings. The Hall–Kier alpha value is -2.35. The van der Waals surface area contributed by atoms with Crippen molar-refractivity contribution in [1.82, 2.24) is 15.1 Å². The summed E-state index contributed by atoms with van der Waals surface area (Å²) in [6.07, 6.45) is 0.871. The predicted octanol–water partition coefficient (Wildman–Crippen LogP) is 3.32. The first kappa shape index (κ1) is 19.0. The highest BCUT2D eigenvalue weighted by atomic mass is 32.1. The van der Waals surface area contributed by atoms with E-state index in [4.69, 9.17) is 0 Å². The van der Waals surface area contributed by atoms with Crippen molar-refractivity contribution in [3.05, 3.63) is 76.5 Å². The van der Waals surface area contributed by atoms with Crippen molar-refractivity contribution in [3.63, 3.8) is 0 Å². The smallest absolute Gasteiger partial charge is 0.205 e. The minimum Gasteiger partial charge on any atom is -0.392 e. The molecule has 1 aliphatic rings. The Bertz CT molecular complexity index is 904. The zero-order valence-electron chi connectivity index (χ0n) is 15.5. The summed E-state index contributed by atoms with van der Waals surface area (Å²) in [5.74, 6) is -0.219. The molecule has 0 radical (unpaired) electrons. The molecular formula is C21H23FN4OS. The van der Waals surface area contributed by atoms with Crippen LogP contribution in [0, 0.1) is 5.82 Å². The molecule has 7 heteroatoms. The van der Waals surface area contributed by atoms with Gasteiger partial charge in [0.2, 0.25) is 5.13 Å². The van der Waals surface area contributed by atoms with Gasteiger partial charge < -0.3 is 10.4 Å². The standard InChI is InChI=1S/C21H23FN4OS/c22-19-9-5-4-8-16(19)10-20-24-25-21(28-20)23-12-17-11-18(27)14-26(17)13-15-6-2-1-3-7-15/h1-9,17-18,27H,10-14H2,(H,23,25). The number of benzene rings is 2. The molecule has 28 heavy (non-hydrogen) atoms. The fraction of sp³-hybridized carbons (Fsp3) is 0.333. The molecule has 2 N–H and O–H groups in total. The molecule has 0 bridgehead atoms. The summed E-state index contributed by atoms with van der Waals surface area (Å²) < 4.78 is 13.8. The van der Waals surface area contributed by atoms with Crippen molar-refractivity contribution in [1.29, 1.82) is 0 Å². The van der Waals surface area contributed by atoms with Gasteiger partial charge >= 0.3 is 0 Å². The van der Waals surface area contributed by atoms with Gasteiger partial charge in [-0.2, -0.15) is 0 Å². The summed E-state index contributed by atoms with van der Waals surface area (Å²) in [6, 6.07) is 17.3. The van der Waals surface area contributed by atoms with Crippen molar-refractivity contribution >= 4 is 16.5 Å². The van der Waals surface area contributed by atoms with E-state index in [1.807, 2.05) is 24.3 Å². The monoisotopic (exact) mass is 398 g/mol. The number of β-amino-alcohol motifs (C(OH)–C–C–N with tert-alkyl or cyclic N) is 1. The Morgan fingerprint density at radius 1 is 1.11 bits per heavy atom. The summed E-state index contributed by atoms with van der Waals surface area (Å²) >= 11 is 1.44. The van der Waals surface area contributed by atoms with Gasteiger partial charge in [0.15, 0.2) is 0 Å². The second kappa shape index (κ2) is 8.77. The molecule has 0 saturated carbocycles. The van der Waals surface area contributed by atoms with Crippen LogP contribution in [0.4, 0.5) is 9.52 Å². The fourth-order valence-corrected chi connectivity index (χ4v) is 4.36. The first-order chi connectivity index (χ1) is 13.7. The number of aliphatic hydroxyl groups is 1. The normalized spacial score (nSPS) is 19.8. The molecule has 1 saturated heterocycles. The highest BCUT2D eigenvalue weighted by Gasteiger charge is 2.30. The molecule has 2 unspecified atom stereocenters. The van der Waals surface area contributed by atoms with Crippen LogP contribution in [0.2, 0.25) is 0 Å². The minimum absolute atomic E-state index is 0.219. The first-order valence-electron chi connectivity index (χ1n) is 9.43. The van der Waals surface area contributed by atoms with Crippen molar-refractivity contribution in [2.24, 2.45) is 0 Å². The Balaban J connectivity index is 1.34. The van der Waals surface area contributed by atoms with Gasteiger partial charge in [-0.1, -0.05) is 59.9 Å². The largest absolute Gasteiger partial charge is 0.392 e. The maximum absolute atomic E-state index is 13.8. The lowest BCUT2D eigenvalue weighted by Gasteiger charge is -2.24. The molecule has 4 rings (SSSR count). The molecule has 0 amide bonds. The number of aliphatic hydroxyl groups excluding tert-OH is 1. The third-order valence-corrected chi connectivity index (χ3v) is 5.87. The van der Waals surface area contributed by atoms with E-state index >= 15 is 0 Å². The molecule has 0 spiro atoms. The van der Waals surface area contributed by atoms with Crippen LogP contribution in [0.1, 0.15) is 22.6 Å². The predicted molar refractivity (Wildman–Crippen MR) is 109 cm³/mol. The Morgan fingerprint density at radius 2 is 1.89 bits per heavy atom. The molecular weight excluding hydrogens is 375 g/mol. The Kier molecular flexibility index (Phi) is 5.95. The van der Waals surface area contributed by atoms with E-state index in [1.165, 1.54) is 23.0 Å². The van der Waals surface area contributed by atoms with Crippen LogP contribution < -0.4 is 5.32 Å². The van der Waals surface area contributed by atoms with Crippen molar-refractivity contribution < 1.29 is 9.50 Å². The zero-order chi connectivity index (χ0) is 19.3. The highest BCUT2D eigenvalue weighted by Crippen LogP contribution is 2.23. The molecule has 3 aromatic rings. The maximum atomic E-state index is 13.8. The summed E-state index contributed by atoms with van der Waals surface area (Å²) in [6.45, 7) is 2.19. The van der Waals surface area contributed by atoms with Gasteiger partial charge in [-0.3, -0.25) is 4.90 Å². The summed E-state index contributed by atoms with van der Waals surface area (Å²) in [4.78, 5) is 2.30. The number of hydrogen-bond acceptors (Lipinski definition) is 6. The van der Waals surface area contributed by atoms with Crippen LogP contribution in [-0.4, -0.2) is 45.4 Å². The molecule has 1 aliphatic heterocycles. The number of likely N-dealkylation sites (tertiary alicyclic amines) is 1. The summed E-state index contributed by atoms with van der Waals surface area (Å²) in [5, 5.41) is 23.3. The van der Waals surface area contributed by atoms with Crippen molar-refractivity contribution in [3.8, 4) is 0 Å². The Labute approximate surface area is 167 Å². The molecule has 0 aliphatic carbocycles. The number of hydrogen-bond donors (Lipinski definition) is 2. The minimum atomic E-state index is -0.304. The lowest BCUT2D eigenvalue weighted by molar-refractivity contribution is 0.173. The van der Waals surface area contributed by atoms with E-state index in [-0.39, 0.29) is 18.0 Å². The van der Waals surface area contributed by atoms with E-state index < -0.39 is 0 Å². The van der Waals surface area contributed by atoms with Crippen LogP contribution in [0.3, 0.4) is 0 Å². The van der Waals surface area contributed by atoms with Crippen molar-refractivity contribution in [2.75, 3.05) is 18.4 Å². The van der Waals surface area contributed by atoms with Gasteiger partial charge in [0.1, 0.15) is 10.8 Å². The number of aromatic nitrogens is 2. The number of nitrogens with one attached hydrogen (secondary N) is 1. The third kappa shape index (κ3) is 4.73. The van der Waals surface area contributed by atoms with E-state index in [0.717, 1.165) is 23.1 Å². The van der Waals surface area contributed by atoms with Crippen molar-refractivity contribution in [2.45, 2.75) is 31.5 Å². The molecule has 146 valence electrons. The van der Waals surface area contributed by atoms with E-state index in [1.54, 1.807) is 12.1 Å². The number of anilines is 1. The molecule has 2 atom stereocenters. The second-order valence-electron chi connectivity index (χ2n) is 7.11. The van der Waals surface area contributed by atoms with Gasteiger partial charge in [0.05, 0.1) is 6.10 Å². The van der Waals surface area contributed by atoms with Gasteiger partial charge in [-0.25, -0.2) is 4.39 Å². The van der Waals surface area contributed by atoms with Gasteiger partial charge in [-0.05, 0) is 23.6 Å². The zero-order valence-corrected chi connectivity index (χ0v) is 16.3. The van der Waals surface area contributed by atoms with Crippen LogP contribution in [0.5, 0.6) is 0 Å². The number of rotatable bonds is 7. The van der Waals surface area contributed by atoms with Gasteiger partial charge in [-0.15, -0.1) is 10.2 Å². The number of nitrogens with zero attached hydrogens (tertiary/aromatic N) is 3. The quantitative estimate of drug-likeness (QED) is 0.639. The molecule has 5 nitrogen and oxygen atoms in total. The van der Waals surface area contributed by atoms with Crippen LogP contribution in [0.15, 0.2) is 54.6 Å². The lowest BCUT2D eigenvalue weighted by atomic mass is 10.1. The SMILES string of the molecule is OC1CC(CNc2nnc(Cc3ccccc3F)s2)N(Cc2ccccc2)C1. The van der Waals surface area contributed by atoms with Gasteiger partial charge in [0, 0.05) is 32.1 Å². The Morgan fingerprint density at radius 3 is 2.71 bits per heavy atom. The maximum Gasteiger partial charge on any atom is 0.205 e. The van der Waals surface area contributed by atoms with Gasteiger partial charge in [0.25, 0.3) is 0 Å². The van der Waals surface area contributed by atoms with E-state index in [0.29, 0.717) is 25.1 Å². The second-order valence-corrected chi connectivity index (χ2v) is 8.17. The third-order valence-electron chi connectivity index (χ3n) is 4.99. The number of halogens is 1. The summed E-state index contributed by atoms with van der Waals surface area (Å²) in [7, 11) is 0.